The van der Waals surface area contributed by atoms with Crippen molar-refractivity contribution in [2.75, 3.05) is 25.3 Å². The highest BCUT2D eigenvalue weighted by Gasteiger charge is 2.44. The van der Waals surface area contributed by atoms with Crippen LogP contribution in [0.4, 0.5) is 5.69 Å². The molecule has 0 saturated heterocycles. The van der Waals surface area contributed by atoms with E-state index in [-0.39, 0.29) is 27.8 Å². The summed E-state index contributed by atoms with van der Waals surface area (Å²) in [4.78, 5) is 49.9. The molecule has 3 rings (SSSR count). The molecular weight excluding hydrogens is 482 g/mol. The lowest BCUT2D eigenvalue weighted by Crippen LogP contribution is -2.44. The summed E-state index contributed by atoms with van der Waals surface area (Å²) in [6.07, 6.45) is 0. The lowest BCUT2D eigenvalue weighted by atomic mass is 9.78. The van der Waals surface area contributed by atoms with Crippen molar-refractivity contribution in [3.05, 3.63) is 75.3 Å². The number of rotatable bonds is 7. The second-order valence-electron chi connectivity index (χ2n) is 8.02. The molecule has 1 aliphatic rings. The summed E-state index contributed by atoms with van der Waals surface area (Å²) in [5.41, 5.74) is 3.50. The fraction of sp³-hybridized carbons (Fsp3) is 0.269. The molecule has 9 nitrogen and oxygen atoms in total. The minimum Gasteiger partial charge on any atom is -0.468 e. The van der Waals surface area contributed by atoms with Crippen molar-refractivity contribution in [3.8, 4) is 6.07 Å². The summed E-state index contributed by atoms with van der Waals surface area (Å²) >= 11 is 0.990. The second-order valence-corrected chi connectivity index (χ2v) is 9.01. The van der Waals surface area contributed by atoms with Crippen LogP contribution in [0, 0.1) is 31.1 Å². The van der Waals surface area contributed by atoms with Gasteiger partial charge in [0.2, 0.25) is 11.8 Å². The zero-order valence-corrected chi connectivity index (χ0v) is 21.0. The highest BCUT2D eigenvalue weighted by Crippen LogP contribution is 2.40. The summed E-state index contributed by atoms with van der Waals surface area (Å²) in [6.45, 7) is 3.84. The van der Waals surface area contributed by atoms with E-state index in [1.165, 1.54) is 19.2 Å². The fourth-order valence-corrected chi connectivity index (χ4v) is 4.68. The van der Waals surface area contributed by atoms with Gasteiger partial charge in [0.1, 0.15) is 5.92 Å². The maximum Gasteiger partial charge on any atom is 0.337 e. The van der Waals surface area contributed by atoms with Crippen molar-refractivity contribution in [1.82, 2.24) is 5.32 Å². The number of thioether (sulfide) groups is 1. The van der Waals surface area contributed by atoms with Crippen LogP contribution >= 0.6 is 11.8 Å². The van der Waals surface area contributed by atoms with Gasteiger partial charge >= 0.3 is 11.9 Å². The number of esters is 2. The van der Waals surface area contributed by atoms with Gasteiger partial charge in [0.15, 0.2) is 0 Å². The van der Waals surface area contributed by atoms with Crippen LogP contribution in [-0.4, -0.2) is 43.7 Å². The maximum atomic E-state index is 12.9. The number of allylic oxidation sites excluding steroid dienone is 1. The van der Waals surface area contributed by atoms with Crippen LogP contribution in [0.15, 0.2) is 53.1 Å². The number of hydrogen-bond donors (Lipinski definition) is 2. The smallest absolute Gasteiger partial charge is 0.337 e. The van der Waals surface area contributed by atoms with Crippen LogP contribution in [0.1, 0.15) is 33.0 Å². The van der Waals surface area contributed by atoms with E-state index >= 15 is 0 Å². The van der Waals surface area contributed by atoms with Gasteiger partial charge in [0.05, 0.1) is 42.2 Å². The summed E-state index contributed by atoms with van der Waals surface area (Å²) in [7, 11) is 2.41. The second kappa shape index (κ2) is 11.6. The molecule has 0 spiro atoms. The number of methoxy groups -OCH3 is 2. The van der Waals surface area contributed by atoms with Crippen molar-refractivity contribution < 1.29 is 28.7 Å². The predicted octanol–water partition coefficient (Wildman–Crippen LogP) is 3.20. The molecule has 0 fully saturated rings. The summed E-state index contributed by atoms with van der Waals surface area (Å²) in [5, 5.41) is 15.6. The van der Waals surface area contributed by atoms with E-state index in [9.17, 15) is 24.4 Å². The van der Waals surface area contributed by atoms with Crippen LogP contribution in [0.2, 0.25) is 0 Å². The van der Waals surface area contributed by atoms with E-state index in [1.54, 1.807) is 18.2 Å². The Balaban J connectivity index is 1.92. The Bertz CT molecular complexity index is 1280. The first kappa shape index (κ1) is 26.5. The highest BCUT2D eigenvalue weighted by molar-refractivity contribution is 8.03. The van der Waals surface area contributed by atoms with Gasteiger partial charge in [-0.05, 0) is 48.7 Å². The third-order valence-electron chi connectivity index (χ3n) is 5.90. The van der Waals surface area contributed by atoms with Gasteiger partial charge in [-0.25, -0.2) is 4.79 Å². The Labute approximate surface area is 212 Å². The predicted molar refractivity (Wildman–Crippen MR) is 134 cm³/mol. The summed E-state index contributed by atoms with van der Waals surface area (Å²) < 4.78 is 9.53. The summed E-state index contributed by atoms with van der Waals surface area (Å²) in [5.74, 6) is -4.68. The lowest BCUT2D eigenvalue weighted by Gasteiger charge is -2.31. The number of amides is 2. The zero-order valence-electron chi connectivity index (χ0n) is 20.2. The number of carbonyl (C=O) groups excluding carboxylic acids is 4. The molecule has 2 amide bonds. The third-order valence-corrected chi connectivity index (χ3v) is 6.92. The first-order chi connectivity index (χ1) is 17.2. The monoisotopic (exact) mass is 507 g/mol. The van der Waals surface area contributed by atoms with Gasteiger partial charge in [-0.3, -0.25) is 14.4 Å². The van der Waals surface area contributed by atoms with E-state index in [0.717, 1.165) is 30.0 Å². The average molecular weight is 508 g/mol. The van der Waals surface area contributed by atoms with Crippen LogP contribution < -0.4 is 10.6 Å². The first-order valence-corrected chi connectivity index (χ1v) is 11.9. The number of aryl methyl sites for hydroxylation is 1. The van der Waals surface area contributed by atoms with Gasteiger partial charge < -0.3 is 20.1 Å². The molecule has 2 aromatic carbocycles. The van der Waals surface area contributed by atoms with E-state index in [4.69, 9.17) is 9.47 Å². The minimum absolute atomic E-state index is 0.0783. The summed E-state index contributed by atoms with van der Waals surface area (Å²) in [6, 6.07) is 13.7. The maximum absolute atomic E-state index is 12.9. The van der Waals surface area contributed by atoms with E-state index < -0.39 is 29.7 Å². The molecule has 1 heterocycles. The molecular formula is C26H25N3O6S. The van der Waals surface area contributed by atoms with Crippen molar-refractivity contribution in [2.45, 2.75) is 19.8 Å². The Morgan fingerprint density at radius 1 is 1.08 bits per heavy atom. The molecule has 36 heavy (non-hydrogen) atoms. The first-order valence-electron chi connectivity index (χ1n) is 10.9. The molecule has 0 bridgehead atoms. The number of benzene rings is 2. The van der Waals surface area contributed by atoms with E-state index in [0.29, 0.717) is 11.3 Å². The van der Waals surface area contributed by atoms with E-state index in [1.807, 2.05) is 26.0 Å². The SMILES string of the molecule is COC(=O)c1ccc([C@@H]2C(C#N)=C(SCC(=O)Nc3cccc(C)c3C)NC(=O)[C@H]2C(=O)OC)cc1. The average Bonchev–Trinajstić information content (AvgIpc) is 2.88. The Kier molecular flexibility index (Phi) is 8.51. The molecule has 2 N–H and O–H groups in total. The number of nitrogens with one attached hydrogen (secondary N) is 2. The Hall–Kier alpha value is -4.10. The van der Waals surface area contributed by atoms with E-state index in [2.05, 4.69) is 16.7 Å². The topological polar surface area (TPSA) is 135 Å². The Morgan fingerprint density at radius 2 is 1.78 bits per heavy atom. The van der Waals surface area contributed by atoms with Crippen molar-refractivity contribution in [1.29, 1.82) is 5.26 Å². The van der Waals surface area contributed by atoms with Gasteiger partial charge in [-0.15, -0.1) is 0 Å². The number of carbonyl (C=O) groups is 4. The molecule has 1 aliphatic heterocycles. The third kappa shape index (κ3) is 5.58. The Morgan fingerprint density at radius 3 is 2.39 bits per heavy atom. The molecule has 0 saturated carbocycles. The molecule has 186 valence electrons. The zero-order chi connectivity index (χ0) is 26.4. The standard InChI is InChI=1S/C26H25N3O6S/c1-14-6-5-7-19(15(14)2)28-20(30)13-36-24-18(12-27)21(22(23(31)29-24)26(33)35-4)16-8-10-17(11-9-16)25(32)34-3/h5-11,21-22H,13H2,1-4H3,(H,28,30)(H,29,31)/t21-,22+/m1/s1. The molecule has 0 aliphatic carbocycles. The quantitative estimate of drug-likeness (QED) is 0.431. The number of hydrogen-bond acceptors (Lipinski definition) is 8. The van der Waals surface area contributed by atoms with Gasteiger partial charge in [0, 0.05) is 11.6 Å². The molecule has 2 atom stereocenters. The molecule has 0 unspecified atom stereocenters. The minimum atomic E-state index is -1.32. The van der Waals surface area contributed by atoms with Crippen LogP contribution in [0.3, 0.4) is 0 Å². The number of nitriles is 1. The lowest BCUT2D eigenvalue weighted by molar-refractivity contribution is -0.150. The van der Waals surface area contributed by atoms with Gasteiger partial charge in [0.25, 0.3) is 0 Å². The number of nitrogens with zero attached hydrogens (tertiary/aromatic N) is 1. The normalized spacial score (nSPS) is 17.0. The van der Waals surface area contributed by atoms with Crippen molar-refractivity contribution >= 4 is 41.2 Å². The van der Waals surface area contributed by atoms with Crippen LogP contribution in [-0.2, 0) is 23.9 Å². The highest BCUT2D eigenvalue weighted by atomic mass is 32.2. The fourth-order valence-electron chi connectivity index (χ4n) is 3.83. The molecule has 2 aromatic rings. The number of ether oxygens (including phenoxy) is 2. The number of anilines is 1. The largest absolute Gasteiger partial charge is 0.468 e. The van der Waals surface area contributed by atoms with Crippen LogP contribution in [0.5, 0.6) is 0 Å². The molecule has 10 heteroatoms. The molecule has 0 aromatic heterocycles. The van der Waals surface area contributed by atoms with Crippen molar-refractivity contribution in [3.63, 3.8) is 0 Å². The van der Waals surface area contributed by atoms with Crippen molar-refractivity contribution in [2.24, 2.45) is 5.92 Å². The van der Waals surface area contributed by atoms with Gasteiger partial charge in [-0.2, -0.15) is 5.26 Å². The van der Waals surface area contributed by atoms with Gasteiger partial charge in [-0.1, -0.05) is 36.0 Å². The van der Waals surface area contributed by atoms with Crippen LogP contribution in [0.25, 0.3) is 0 Å². The molecule has 0 radical (unpaired) electrons.